The predicted octanol–water partition coefficient (Wildman–Crippen LogP) is 4.46. The molecule has 2 aromatic carbocycles. The van der Waals surface area contributed by atoms with Crippen LogP contribution in [0.25, 0.3) is 0 Å². The van der Waals surface area contributed by atoms with E-state index in [4.69, 9.17) is 0 Å². The molecule has 2 aliphatic heterocycles. The SMILES string of the molecule is CC(C)C1C(=O)NC(c2ccc(NC(=O)CCCN3CCCC3)cc2)c2ccccc21. The zero-order chi connectivity index (χ0) is 21.8. The molecular formula is C26H33N3O2. The summed E-state index contributed by atoms with van der Waals surface area (Å²) >= 11 is 0. The van der Waals surface area contributed by atoms with Gasteiger partial charge in [-0.1, -0.05) is 50.2 Å². The Balaban J connectivity index is 1.40. The van der Waals surface area contributed by atoms with Gasteiger partial charge in [-0.15, -0.1) is 0 Å². The Bertz CT molecular complexity index is 917. The number of anilines is 1. The molecule has 0 radical (unpaired) electrons. The quantitative estimate of drug-likeness (QED) is 0.697. The third kappa shape index (κ3) is 4.99. The van der Waals surface area contributed by atoms with Crippen molar-refractivity contribution < 1.29 is 9.59 Å². The van der Waals surface area contributed by atoms with Gasteiger partial charge in [-0.25, -0.2) is 0 Å². The summed E-state index contributed by atoms with van der Waals surface area (Å²) in [5.41, 5.74) is 4.08. The van der Waals surface area contributed by atoms with Gasteiger partial charge in [0.05, 0.1) is 12.0 Å². The number of likely N-dealkylation sites (tertiary alicyclic amines) is 1. The van der Waals surface area contributed by atoms with Crippen LogP contribution in [0.1, 0.15) is 68.2 Å². The minimum absolute atomic E-state index is 0.0584. The highest BCUT2D eigenvalue weighted by Crippen LogP contribution is 2.38. The minimum Gasteiger partial charge on any atom is -0.345 e. The van der Waals surface area contributed by atoms with E-state index in [1.807, 2.05) is 36.4 Å². The Morgan fingerprint density at radius 3 is 2.42 bits per heavy atom. The van der Waals surface area contributed by atoms with Crippen molar-refractivity contribution in [2.75, 3.05) is 25.0 Å². The van der Waals surface area contributed by atoms with Gasteiger partial charge in [-0.2, -0.15) is 0 Å². The number of fused-ring (bicyclic) bond motifs is 1. The number of rotatable bonds is 7. The highest BCUT2D eigenvalue weighted by atomic mass is 16.2. The van der Waals surface area contributed by atoms with E-state index in [2.05, 4.69) is 41.5 Å². The number of carbonyl (C=O) groups excluding carboxylic acids is 2. The van der Waals surface area contributed by atoms with Crippen LogP contribution in [0.5, 0.6) is 0 Å². The van der Waals surface area contributed by atoms with E-state index in [9.17, 15) is 9.59 Å². The molecule has 0 aliphatic carbocycles. The molecule has 2 atom stereocenters. The Morgan fingerprint density at radius 2 is 1.74 bits per heavy atom. The number of carbonyl (C=O) groups is 2. The van der Waals surface area contributed by atoms with Crippen LogP contribution in [0.4, 0.5) is 5.69 Å². The van der Waals surface area contributed by atoms with E-state index >= 15 is 0 Å². The van der Waals surface area contributed by atoms with Crippen LogP contribution in [0.3, 0.4) is 0 Å². The Kier molecular flexibility index (Phi) is 6.71. The molecule has 2 aliphatic rings. The Labute approximate surface area is 185 Å². The molecule has 2 N–H and O–H groups in total. The molecule has 2 heterocycles. The maximum absolute atomic E-state index is 12.8. The van der Waals surface area contributed by atoms with Gasteiger partial charge in [0.2, 0.25) is 11.8 Å². The van der Waals surface area contributed by atoms with Crippen molar-refractivity contribution in [1.29, 1.82) is 0 Å². The highest BCUT2D eigenvalue weighted by molar-refractivity contribution is 5.91. The number of nitrogens with zero attached hydrogens (tertiary/aromatic N) is 1. The molecule has 31 heavy (non-hydrogen) atoms. The Hall–Kier alpha value is -2.66. The van der Waals surface area contributed by atoms with Crippen molar-refractivity contribution in [2.24, 2.45) is 5.92 Å². The molecule has 2 amide bonds. The van der Waals surface area contributed by atoms with Crippen LogP contribution >= 0.6 is 0 Å². The second kappa shape index (κ2) is 9.65. The first-order valence-electron chi connectivity index (χ1n) is 11.5. The van der Waals surface area contributed by atoms with Gasteiger partial charge < -0.3 is 15.5 Å². The smallest absolute Gasteiger partial charge is 0.228 e. The van der Waals surface area contributed by atoms with Crippen LogP contribution in [0.2, 0.25) is 0 Å². The van der Waals surface area contributed by atoms with Crippen LogP contribution < -0.4 is 10.6 Å². The second-order valence-corrected chi connectivity index (χ2v) is 9.11. The standard InChI is InChI=1S/C26H33N3O2/c1-18(2)24-21-8-3-4-9-22(21)25(28-26(24)31)19-11-13-20(14-12-19)27-23(30)10-7-17-29-15-5-6-16-29/h3-4,8-9,11-14,18,24-25H,5-7,10,15-17H2,1-2H3,(H,27,30)(H,28,31). The van der Waals surface area contributed by atoms with Gasteiger partial charge in [0.25, 0.3) is 0 Å². The maximum atomic E-state index is 12.8. The van der Waals surface area contributed by atoms with Crippen LogP contribution in [0.15, 0.2) is 48.5 Å². The second-order valence-electron chi connectivity index (χ2n) is 9.11. The van der Waals surface area contributed by atoms with Crippen molar-refractivity contribution in [3.63, 3.8) is 0 Å². The molecular weight excluding hydrogens is 386 g/mol. The fraction of sp³-hybridized carbons (Fsp3) is 0.462. The zero-order valence-corrected chi connectivity index (χ0v) is 18.6. The van der Waals surface area contributed by atoms with Gasteiger partial charge >= 0.3 is 0 Å². The lowest BCUT2D eigenvalue weighted by molar-refractivity contribution is -0.124. The van der Waals surface area contributed by atoms with Gasteiger partial charge in [0.15, 0.2) is 0 Å². The average molecular weight is 420 g/mol. The van der Waals surface area contributed by atoms with E-state index < -0.39 is 0 Å². The van der Waals surface area contributed by atoms with Crippen LogP contribution in [-0.4, -0.2) is 36.3 Å². The molecule has 1 saturated heterocycles. The molecule has 5 nitrogen and oxygen atoms in total. The lowest BCUT2D eigenvalue weighted by atomic mass is 9.78. The van der Waals surface area contributed by atoms with Crippen molar-refractivity contribution in [3.8, 4) is 0 Å². The fourth-order valence-electron chi connectivity index (χ4n) is 4.88. The van der Waals surface area contributed by atoms with Crippen LogP contribution in [-0.2, 0) is 9.59 Å². The van der Waals surface area contributed by atoms with Gasteiger partial charge in [-0.3, -0.25) is 9.59 Å². The van der Waals surface area contributed by atoms with E-state index in [0.717, 1.165) is 35.3 Å². The van der Waals surface area contributed by atoms with E-state index in [1.54, 1.807) is 0 Å². The molecule has 0 aromatic heterocycles. The summed E-state index contributed by atoms with van der Waals surface area (Å²) in [5.74, 6) is 0.258. The molecule has 2 aromatic rings. The molecule has 5 heteroatoms. The monoisotopic (exact) mass is 419 g/mol. The molecule has 1 fully saturated rings. The molecule has 4 rings (SSSR count). The van der Waals surface area contributed by atoms with E-state index in [1.165, 1.54) is 25.9 Å². The third-order valence-corrected chi connectivity index (χ3v) is 6.48. The highest BCUT2D eigenvalue weighted by Gasteiger charge is 2.35. The summed E-state index contributed by atoms with van der Waals surface area (Å²) in [4.78, 5) is 27.5. The van der Waals surface area contributed by atoms with Crippen molar-refractivity contribution >= 4 is 17.5 Å². The van der Waals surface area contributed by atoms with Crippen molar-refractivity contribution in [2.45, 2.75) is 51.5 Å². The normalized spacial score (nSPS) is 21.1. The van der Waals surface area contributed by atoms with Gasteiger partial charge in [-0.05, 0) is 73.6 Å². The summed E-state index contributed by atoms with van der Waals surface area (Å²) in [5, 5.41) is 6.21. The van der Waals surface area contributed by atoms with Crippen molar-refractivity contribution in [3.05, 3.63) is 65.2 Å². The first-order chi connectivity index (χ1) is 15.0. The summed E-state index contributed by atoms with van der Waals surface area (Å²) in [7, 11) is 0. The number of amides is 2. The average Bonchev–Trinajstić information content (AvgIpc) is 3.27. The summed E-state index contributed by atoms with van der Waals surface area (Å²) in [6, 6.07) is 15.9. The number of benzene rings is 2. The molecule has 0 bridgehead atoms. The van der Waals surface area contributed by atoms with E-state index in [0.29, 0.717) is 6.42 Å². The first-order valence-corrected chi connectivity index (χ1v) is 11.5. The van der Waals surface area contributed by atoms with Gasteiger partial charge in [0, 0.05) is 12.1 Å². The maximum Gasteiger partial charge on any atom is 0.228 e. The summed E-state index contributed by atoms with van der Waals surface area (Å²) in [6.07, 6.45) is 4.00. The number of nitrogens with one attached hydrogen (secondary N) is 2. The first kappa shape index (κ1) is 21.6. The number of hydrogen-bond acceptors (Lipinski definition) is 3. The van der Waals surface area contributed by atoms with Crippen molar-refractivity contribution in [1.82, 2.24) is 10.2 Å². The third-order valence-electron chi connectivity index (χ3n) is 6.48. The number of hydrogen-bond donors (Lipinski definition) is 2. The molecule has 0 spiro atoms. The predicted molar refractivity (Wildman–Crippen MR) is 124 cm³/mol. The molecule has 164 valence electrons. The lowest BCUT2D eigenvalue weighted by Crippen LogP contribution is -2.40. The van der Waals surface area contributed by atoms with E-state index in [-0.39, 0.29) is 29.7 Å². The lowest BCUT2D eigenvalue weighted by Gasteiger charge is -2.34. The summed E-state index contributed by atoms with van der Waals surface area (Å²) in [6.45, 7) is 7.52. The summed E-state index contributed by atoms with van der Waals surface area (Å²) < 4.78 is 0. The molecule has 0 saturated carbocycles. The Morgan fingerprint density at radius 1 is 1.06 bits per heavy atom. The topological polar surface area (TPSA) is 61.4 Å². The minimum atomic E-state index is -0.163. The largest absolute Gasteiger partial charge is 0.345 e. The fourth-order valence-corrected chi connectivity index (χ4v) is 4.88. The van der Waals surface area contributed by atoms with Crippen LogP contribution in [0, 0.1) is 5.92 Å². The zero-order valence-electron chi connectivity index (χ0n) is 18.6. The van der Waals surface area contributed by atoms with Gasteiger partial charge in [0.1, 0.15) is 0 Å². The molecule has 2 unspecified atom stereocenters.